The minimum atomic E-state index is -0.485. The highest BCUT2D eigenvalue weighted by Gasteiger charge is 2.25. The molecule has 1 N–H and O–H groups in total. The summed E-state index contributed by atoms with van der Waals surface area (Å²) in [5.74, 6) is 0.698. The number of carbonyl (C=O) groups is 1. The Kier molecular flexibility index (Phi) is 4.47. The molecule has 1 saturated heterocycles. The molecule has 0 spiro atoms. The SMILES string of the molecule is C/C=C/Cn1c(N2CCN(C(C)=O)CC2)nc2c1c(=O)[nH]c(=O)n2C. The molecule has 9 heteroatoms. The van der Waals surface area contributed by atoms with E-state index < -0.39 is 11.2 Å². The van der Waals surface area contributed by atoms with Gasteiger partial charge < -0.3 is 14.4 Å². The minimum Gasteiger partial charge on any atom is -0.339 e. The second kappa shape index (κ2) is 6.58. The van der Waals surface area contributed by atoms with Crippen molar-refractivity contribution in [3.05, 3.63) is 33.0 Å². The molecular formula is C16H22N6O3. The number of rotatable bonds is 3. The third-order valence-electron chi connectivity index (χ3n) is 4.52. The maximum absolute atomic E-state index is 12.3. The van der Waals surface area contributed by atoms with Gasteiger partial charge in [0.25, 0.3) is 5.56 Å². The fourth-order valence-electron chi connectivity index (χ4n) is 3.07. The average molecular weight is 346 g/mol. The Morgan fingerprint density at radius 1 is 1.24 bits per heavy atom. The minimum absolute atomic E-state index is 0.0564. The number of anilines is 1. The Labute approximate surface area is 144 Å². The van der Waals surface area contributed by atoms with Gasteiger partial charge in [0.1, 0.15) is 0 Å². The van der Waals surface area contributed by atoms with Gasteiger partial charge in [0, 0.05) is 46.7 Å². The van der Waals surface area contributed by atoms with Crippen LogP contribution in [-0.2, 0) is 18.4 Å². The van der Waals surface area contributed by atoms with Crippen LogP contribution in [0.25, 0.3) is 11.2 Å². The second-order valence-corrected chi connectivity index (χ2v) is 6.08. The highest BCUT2D eigenvalue weighted by Crippen LogP contribution is 2.21. The first-order chi connectivity index (χ1) is 11.9. The van der Waals surface area contributed by atoms with Gasteiger partial charge in [-0.3, -0.25) is 19.1 Å². The number of imidazole rings is 1. The number of piperazine rings is 1. The Balaban J connectivity index is 2.10. The molecule has 1 aliphatic heterocycles. The van der Waals surface area contributed by atoms with E-state index in [1.165, 1.54) is 4.57 Å². The van der Waals surface area contributed by atoms with E-state index in [1.54, 1.807) is 18.9 Å². The number of hydrogen-bond donors (Lipinski definition) is 1. The monoisotopic (exact) mass is 346 g/mol. The van der Waals surface area contributed by atoms with Crippen molar-refractivity contribution in [2.24, 2.45) is 7.05 Å². The summed E-state index contributed by atoms with van der Waals surface area (Å²) >= 11 is 0. The third-order valence-corrected chi connectivity index (χ3v) is 4.52. The van der Waals surface area contributed by atoms with Crippen LogP contribution in [0.2, 0.25) is 0 Å². The van der Waals surface area contributed by atoms with E-state index in [0.717, 1.165) is 0 Å². The van der Waals surface area contributed by atoms with Crippen LogP contribution in [0.5, 0.6) is 0 Å². The highest BCUT2D eigenvalue weighted by molar-refractivity contribution is 5.75. The zero-order chi connectivity index (χ0) is 18.1. The highest BCUT2D eigenvalue weighted by atomic mass is 16.2. The first-order valence-corrected chi connectivity index (χ1v) is 8.25. The van der Waals surface area contributed by atoms with Gasteiger partial charge in [0.05, 0.1) is 0 Å². The molecule has 0 radical (unpaired) electrons. The molecule has 0 atom stereocenters. The molecular weight excluding hydrogens is 324 g/mol. The van der Waals surface area contributed by atoms with Gasteiger partial charge >= 0.3 is 5.69 Å². The van der Waals surface area contributed by atoms with Gasteiger partial charge in [0.15, 0.2) is 11.2 Å². The fraction of sp³-hybridized carbons (Fsp3) is 0.500. The topological polar surface area (TPSA) is 96.2 Å². The van der Waals surface area contributed by atoms with E-state index >= 15 is 0 Å². The van der Waals surface area contributed by atoms with Gasteiger partial charge in [-0.15, -0.1) is 0 Å². The molecule has 25 heavy (non-hydrogen) atoms. The van der Waals surface area contributed by atoms with E-state index in [-0.39, 0.29) is 5.91 Å². The molecule has 3 rings (SSSR count). The largest absolute Gasteiger partial charge is 0.339 e. The first kappa shape index (κ1) is 17.0. The molecule has 1 fully saturated rings. The lowest BCUT2D eigenvalue weighted by Gasteiger charge is -2.34. The van der Waals surface area contributed by atoms with Crippen LogP contribution >= 0.6 is 0 Å². The molecule has 1 amide bonds. The number of aromatic nitrogens is 4. The third kappa shape index (κ3) is 2.97. The average Bonchev–Trinajstić information content (AvgIpc) is 2.98. The first-order valence-electron chi connectivity index (χ1n) is 8.25. The number of H-pyrrole nitrogens is 1. The summed E-state index contributed by atoms with van der Waals surface area (Å²) in [4.78, 5) is 46.5. The lowest BCUT2D eigenvalue weighted by molar-refractivity contribution is -0.129. The lowest BCUT2D eigenvalue weighted by Crippen LogP contribution is -2.48. The summed E-state index contributed by atoms with van der Waals surface area (Å²) in [6.45, 7) is 6.43. The predicted octanol–water partition coefficient (Wildman–Crippen LogP) is -0.332. The van der Waals surface area contributed by atoms with Crippen LogP contribution in [-0.4, -0.2) is 56.1 Å². The van der Waals surface area contributed by atoms with Crippen LogP contribution in [0.1, 0.15) is 13.8 Å². The summed E-state index contributed by atoms with van der Waals surface area (Å²) < 4.78 is 3.16. The zero-order valence-electron chi connectivity index (χ0n) is 14.7. The number of fused-ring (bicyclic) bond motifs is 1. The number of nitrogens with one attached hydrogen (secondary N) is 1. The summed E-state index contributed by atoms with van der Waals surface area (Å²) in [7, 11) is 1.59. The van der Waals surface area contributed by atoms with Crippen LogP contribution in [0.15, 0.2) is 21.7 Å². The maximum Gasteiger partial charge on any atom is 0.329 e. The van der Waals surface area contributed by atoms with Crippen molar-refractivity contribution in [2.45, 2.75) is 20.4 Å². The Bertz CT molecular complexity index is 943. The molecule has 0 aromatic carbocycles. The van der Waals surface area contributed by atoms with Crippen molar-refractivity contribution >= 4 is 23.0 Å². The molecule has 0 aliphatic carbocycles. The number of nitrogens with zero attached hydrogens (tertiary/aromatic N) is 5. The molecule has 2 aromatic rings. The fourth-order valence-corrected chi connectivity index (χ4v) is 3.07. The van der Waals surface area contributed by atoms with E-state index in [1.807, 2.05) is 28.5 Å². The van der Waals surface area contributed by atoms with Crippen LogP contribution in [0.3, 0.4) is 0 Å². The van der Waals surface area contributed by atoms with Crippen molar-refractivity contribution in [3.8, 4) is 0 Å². The smallest absolute Gasteiger partial charge is 0.329 e. The molecule has 9 nitrogen and oxygen atoms in total. The molecule has 2 aromatic heterocycles. The Morgan fingerprint density at radius 2 is 1.92 bits per heavy atom. The van der Waals surface area contributed by atoms with Crippen LogP contribution in [0, 0.1) is 0 Å². The zero-order valence-corrected chi connectivity index (χ0v) is 14.7. The number of hydrogen-bond acceptors (Lipinski definition) is 5. The van der Waals surface area contributed by atoms with Gasteiger partial charge in [-0.1, -0.05) is 12.2 Å². The van der Waals surface area contributed by atoms with Crippen LogP contribution in [0.4, 0.5) is 5.95 Å². The number of aromatic amines is 1. The second-order valence-electron chi connectivity index (χ2n) is 6.08. The maximum atomic E-state index is 12.3. The summed E-state index contributed by atoms with van der Waals surface area (Å²) in [5, 5.41) is 0. The molecule has 134 valence electrons. The Morgan fingerprint density at radius 3 is 2.52 bits per heavy atom. The van der Waals surface area contributed by atoms with Crippen molar-refractivity contribution < 1.29 is 4.79 Å². The molecule has 3 heterocycles. The van der Waals surface area contributed by atoms with E-state index in [0.29, 0.717) is 49.8 Å². The number of allylic oxidation sites excluding steroid dienone is 2. The predicted molar refractivity (Wildman–Crippen MR) is 94.9 cm³/mol. The van der Waals surface area contributed by atoms with Crippen molar-refractivity contribution in [1.29, 1.82) is 0 Å². The van der Waals surface area contributed by atoms with Gasteiger partial charge in [-0.2, -0.15) is 4.98 Å². The van der Waals surface area contributed by atoms with Gasteiger partial charge in [-0.05, 0) is 6.92 Å². The molecule has 0 saturated carbocycles. The molecule has 0 unspecified atom stereocenters. The van der Waals surface area contributed by atoms with Gasteiger partial charge in [-0.25, -0.2) is 4.79 Å². The summed E-state index contributed by atoms with van der Waals surface area (Å²) in [6.07, 6.45) is 3.83. The molecule has 1 aliphatic rings. The van der Waals surface area contributed by atoms with Crippen molar-refractivity contribution in [2.75, 3.05) is 31.1 Å². The lowest BCUT2D eigenvalue weighted by atomic mass is 10.3. The van der Waals surface area contributed by atoms with Crippen molar-refractivity contribution in [1.82, 2.24) is 24.0 Å². The molecule has 0 bridgehead atoms. The quantitative estimate of drug-likeness (QED) is 0.768. The van der Waals surface area contributed by atoms with E-state index in [9.17, 15) is 14.4 Å². The standard InChI is InChI=1S/C16H22N6O3/c1-4-5-6-22-12-13(19(3)16(25)18-14(12)24)17-15(22)21-9-7-20(8-10-21)11(2)23/h4-5H,6-10H2,1-3H3,(H,18,24,25)/b5-4+. The number of carbonyl (C=O) groups excluding carboxylic acids is 1. The number of aryl methyl sites for hydroxylation is 1. The summed E-state index contributed by atoms with van der Waals surface area (Å²) in [6, 6.07) is 0. The van der Waals surface area contributed by atoms with Crippen LogP contribution < -0.4 is 16.1 Å². The van der Waals surface area contributed by atoms with E-state index in [2.05, 4.69) is 9.97 Å². The summed E-state index contributed by atoms with van der Waals surface area (Å²) in [5.41, 5.74) is -0.184. The number of amides is 1. The Hall–Kier alpha value is -2.84. The van der Waals surface area contributed by atoms with E-state index in [4.69, 9.17) is 0 Å². The van der Waals surface area contributed by atoms with Crippen molar-refractivity contribution in [3.63, 3.8) is 0 Å². The normalized spacial score (nSPS) is 15.5. The van der Waals surface area contributed by atoms with Gasteiger partial charge in [0.2, 0.25) is 11.9 Å².